The number of benzene rings is 2. The van der Waals surface area contributed by atoms with Crippen LogP contribution in [-0.4, -0.2) is 143 Å². The molecule has 0 aromatic heterocycles. The number of hydrogen-bond acceptors (Lipinski definition) is 9. The Hall–Kier alpha value is -3.56. The van der Waals surface area contributed by atoms with Gasteiger partial charge in [-0.25, -0.2) is 17.6 Å². The van der Waals surface area contributed by atoms with Crippen molar-refractivity contribution in [3.05, 3.63) is 72.6 Å². The van der Waals surface area contributed by atoms with Crippen molar-refractivity contribution in [1.82, 2.24) is 24.3 Å². The van der Waals surface area contributed by atoms with Crippen LogP contribution in [0.15, 0.2) is 66.1 Å². The van der Waals surface area contributed by atoms with Gasteiger partial charge in [-0.1, -0.05) is 25.1 Å². The van der Waals surface area contributed by atoms with Gasteiger partial charge in [0.05, 0.1) is 25.1 Å². The first-order valence-electron chi connectivity index (χ1n) is 20.4. The normalized spacial score (nSPS) is 28.1. The highest BCUT2D eigenvalue weighted by molar-refractivity contribution is 7.89. The molecule has 14 heteroatoms. The molecule has 5 atom stereocenters. The molecule has 5 heterocycles. The van der Waals surface area contributed by atoms with Gasteiger partial charge < -0.3 is 34.4 Å². The van der Waals surface area contributed by atoms with Crippen LogP contribution in [0.2, 0.25) is 0 Å². The number of fused-ring (bicyclic) bond motifs is 2. The third kappa shape index (κ3) is 7.14. The second-order valence-electron chi connectivity index (χ2n) is 17.1. The van der Waals surface area contributed by atoms with Crippen LogP contribution >= 0.6 is 0 Å². The zero-order valence-electron chi connectivity index (χ0n) is 32.8. The lowest BCUT2D eigenvalue weighted by molar-refractivity contribution is -0.127. The van der Waals surface area contributed by atoms with Crippen molar-refractivity contribution in [2.75, 3.05) is 84.6 Å². The number of nitrogens with zero attached hydrogens (tertiary/aromatic N) is 5. The molecule has 2 bridgehead atoms. The van der Waals surface area contributed by atoms with Crippen molar-refractivity contribution in [3.8, 4) is 0 Å². The van der Waals surface area contributed by atoms with Crippen molar-refractivity contribution >= 4 is 27.7 Å². The molecule has 304 valence electrons. The lowest BCUT2D eigenvalue weighted by Gasteiger charge is -2.55. The van der Waals surface area contributed by atoms with Crippen molar-refractivity contribution < 1.29 is 31.9 Å². The molecule has 6 aliphatic rings. The van der Waals surface area contributed by atoms with Crippen molar-refractivity contribution in [1.29, 1.82) is 0 Å². The Morgan fingerprint density at radius 3 is 2.32 bits per heavy atom. The van der Waals surface area contributed by atoms with E-state index in [0.717, 1.165) is 82.6 Å². The van der Waals surface area contributed by atoms with Gasteiger partial charge in [0, 0.05) is 62.5 Å². The van der Waals surface area contributed by atoms with Crippen LogP contribution < -0.4 is 10.2 Å². The van der Waals surface area contributed by atoms with E-state index in [0.29, 0.717) is 38.5 Å². The first kappa shape index (κ1) is 39.3. The molecule has 0 unspecified atom stereocenters. The molecular weight excluding hydrogens is 736 g/mol. The number of amides is 2. The minimum atomic E-state index is -3.68. The zero-order valence-corrected chi connectivity index (χ0v) is 33.6. The number of piperazine rings is 1. The van der Waals surface area contributed by atoms with Gasteiger partial charge in [-0.15, -0.1) is 0 Å². The van der Waals surface area contributed by atoms with E-state index in [9.17, 15) is 18.0 Å². The van der Waals surface area contributed by atoms with E-state index in [1.54, 1.807) is 34.5 Å². The van der Waals surface area contributed by atoms with E-state index in [-0.39, 0.29) is 51.7 Å². The molecule has 8 rings (SSSR count). The summed E-state index contributed by atoms with van der Waals surface area (Å²) in [4.78, 5) is 34.0. The first-order valence-corrected chi connectivity index (χ1v) is 21.8. The number of alkyl carbamates (subject to hydrolysis) is 1. The topological polar surface area (TPSA) is 115 Å². The van der Waals surface area contributed by atoms with Crippen LogP contribution in [0.5, 0.6) is 0 Å². The standard InChI is InChI=1S/C42H57FN6O6S/c1-4-39(50)48-24-35-23-34(48)25-49(35)56(52,53)36-14-12-33(13-15-36)47-27-41(28-47,55-3)26-46-20-16-30(17-21-46)42(29-45-18-7-19-45,31-8-5-9-32(43)22-31)37-10-6-11-38(37)44-40(51)54-2/h4-5,8-9,12-15,22,30,34-35,37-38H,1,6-7,10-11,16-21,23-29H2,2-3H3,(H,44,51)/t34-,35-,37-,38-,42-/m0/s1. The number of nitrogens with one attached hydrogen (secondary N) is 1. The summed E-state index contributed by atoms with van der Waals surface area (Å²) in [5.41, 5.74) is 1.34. The van der Waals surface area contributed by atoms with E-state index in [1.807, 2.05) is 18.2 Å². The highest BCUT2D eigenvalue weighted by Crippen LogP contribution is 2.52. The Balaban J connectivity index is 0.926. The third-order valence-corrected chi connectivity index (χ3v) is 16.1. The number of anilines is 1. The molecule has 2 aromatic carbocycles. The molecule has 0 spiro atoms. The molecule has 0 radical (unpaired) electrons. The van der Waals surface area contributed by atoms with Gasteiger partial charge in [-0.3, -0.25) is 4.79 Å². The summed E-state index contributed by atoms with van der Waals surface area (Å²) in [5.74, 6) is 0.108. The Morgan fingerprint density at radius 1 is 0.964 bits per heavy atom. The SMILES string of the molecule is C=CC(=O)N1C[C@@H]2C[C@H]1CN2S(=O)(=O)c1ccc(N2CC(CN3CCC([C@@](CN4CCC4)(c4cccc(F)c4)[C@H]4CCC[C@@H]4NC(=O)OC)CC3)(OC)C2)cc1. The van der Waals surface area contributed by atoms with E-state index in [1.165, 1.54) is 25.7 Å². The third-order valence-electron chi connectivity index (χ3n) is 14.1. The molecule has 2 amide bonds. The summed E-state index contributed by atoms with van der Waals surface area (Å²) < 4.78 is 55.1. The Kier molecular flexibility index (Phi) is 11.0. The largest absolute Gasteiger partial charge is 0.453 e. The minimum Gasteiger partial charge on any atom is -0.453 e. The van der Waals surface area contributed by atoms with Crippen LogP contribution in [-0.2, 0) is 29.7 Å². The highest BCUT2D eigenvalue weighted by atomic mass is 32.2. The molecule has 12 nitrogen and oxygen atoms in total. The van der Waals surface area contributed by atoms with E-state index < -0.39 is 16.1 Å². The molecule has 1 aliphatic carbocycles. The van der Waals surface area contributed by atoms with Crippen molar-refractivity contribution in [2.24, 2.45) is 11.8 Å². The van der Waals surface area contributed by atoms with E-state index in [4.69, 9.17) is 9.47 Å². The average Bonchev–Trinajstić information content (AvgIpc) is 3.94. The summed E-state index contributed by atoms with van der Waals surface area (Å²) >= 11 is 0. The number of carbonyl (C=O) groups is 2. The van der Waals surface area contributed by atoms with Crippen LogP contribution in [0, 0.1) is 17.7 Å². The second kappa shape index (κ2) is 15.7. The fourth-order valence-electron chi connectivity index (χ4n) is 11.2. The van der Waals surface area contributed by atoms with Crippen molar-refractivity contribution in [3.63, 3.8) is 0 Å². The van der Waals surface area contributed by atoms with Crippen LogP contribution in [0.25, 0.3) is 0 Å². The van der Waals surface area contributed by atoms with Gasteiger partial charge in [0.2, 0.25) is 15.9 Å². The predicted molar refractivity (Wildman–Crippen MR) is 211 cm³/mol. The number of rotatable bonds is 13. The van der Waals surface area contributed by atoms with Crippen LogP contribution in [0.1, 0.15) is 50.5 Å². The lowest BCUT2D eigenvalue weighted by atomic mass is 9.57. The highest BCUT2D eigenvalue weighted by Gasteiger charge is 2.54. The van der Waals surface area contributed by atoms with Gasteiger partial charge in [0.15, 0.2) is 0 Å². The molecule has 5 saturated heterocycles. The molecular formula is C42H57FN6O6S. The van der Waals surface area contributed by atoms with Gasteiger partial charge in [-0.05, 0) is 125 Å². The number of ether oxygens (including phenoxy) is 2. The first-order chi connectivity index (χ1) is 27.0. The number of carbonyl (C=O) groups excluding carboxylic acids is 2. The van der Waals surface area contributed by atoms with Gasteiger partial charge in [0.1, 0.15) is 11.4 Å². The maximum absolute atomic E-state index is 15.1. The summed E-state index contributed by atoms with van der Waals surface area (Å²) in [5, 5.41) is 3.18. The van der Waals surface area contributed by atoms with Crippen molar-refractivity contribution in [2.45, 2.75) is 79.0 Å². The maximum atomic E-state index is 15.1. The quantitative estimate of drug-likeness (QED) is 0.300. The number of halogens is 1. The van der Waals surface area contributed by atoms with Crippen LogP contribution in [0.3, 0.4) is 0 Å². The number of sulfonamides is 1. The Morgan fingerprint density at radius 2 is 1.71 bits per heavy atom. The zero-order chi connectivity index (χ0) is 39.2. The van der Waals surface area contributed by atoms with E-state index >= 15 is 4.39 Å². The number of hydrogen-bond donors (Lipinski definition) is 1. The molecule has 1 N–H and O–H groups in total. The monoisotopic (exact) mass is 792 g/mol. The molecule has 1 saturated carbocycles. The molecule has 56 heavy (non-hydrogen) atoms. The maximum Gasteiger partial charge on any atom is 0.407 e. The average molecular weight is 793 g/mol. The van der Waals surface area contributed by atoms with Crippen LogP contribution in [0.4, 0.5) is 14.9 Å². The number of piperidine rings is 1. The smallest absolute Gasteiger partial charge is 0.407 e. The predicted octanol–water partition coefficient (Wildman–Crippen LogP) is 4.07. The van der Waals surface area contributed by atoms with Gasteiger partial charge in [0.25, 0.3) is 0 Å². The van der Waals surface area contributed by atoms with Gasteiger partial charge in [-0.2, -0.15) is 4.31 Å². The summed E-state index contributed by atoms with van der Waals surface area (Å²) in [6.07, 6.45) is 7.53. The fourth-order valence-corrected chi connectivity index (χ4v) is 12.8. The Bertz CT molecular complexity index is 1880. The second-order valence-corrected chi connectivity index (χ2v) is 19.0. The Labute approximate surface area is 331 Å². The van der Waals surface area contributed by atoms with Gasteiger partial charge >= 0.3 is 6.09 Å². The summed E-state index contributed by atoms with van der Waals surface area (Å²) in [7, 11) is -0.491. The summed E-state index contributed by atoms with van der Waals surface area (Å²) in [6, 6.07) is 14.1. The molecule has 6 fully saturated rings. The minimum absolute atomic E-state index is 0.0347. The fraction of sp³-hybridized carbons (Fsp3) is 0.619. The molecule has 2 aromatic rings. The number of methoxy groups -OCH3 is 2. The number of likely N-dealkylation sites (tertiary alicyclic amines) is 3. The lowest BCUT2D eigenvalue weighted by Crippen LogP contribution is -2.68. The van der Waals surface area contributed by atoms with E-state index in [2.05, 4.69) is 32.7 Å². The molecule has 5 aliphatic heterocycles. The summed E-state index contributed by atoms with van der Waals surface area (Å²) in [6.45, 7) is 11.2.